The van der Waals surface area contributed by atoms with Crippen LogP contribution in [-0.2, 0) is 19.2 Å². The van der Waals surface area contributed by atoms with Crippen molar-refractivity contribution in [3.05, 3.63) is 0 Å². The van der Waals surface area contributed by atoms with E-state index in [1.165, 1.54) is 5.06 Å². The van der Waals surface area contributed by atoms with Gasteiger partial charge in [-0.15, -0.1) is 0 Å². The molecular weight excluding hydrogens is 200 g/mol. The van der Waals surface area contributed by atoms with E-state index in [9.17, 15) is 9.59 Å². The molecule has 1 aliphatic rings. The largest absolute Gasteiger partial charge is 0.390 e. The van der Waals surface area contributed by atoms with Gasteiger partial charge in [0.05, 0.1) is 13.1 Å². The third-order valence-corrected chi connectivity index (χ3v) is 1.76. The monoisotopic (exact) mass is 214 g/mol. The molecule has 0 atom stereocenters. The minimum atomic E-state index is -0.395. The Morgan fingerprint density at radius 3 is 2.60 bits per heavy atom. The molecule has 6 nitrogen and oxygen atoms in total. The highest BCUT2D eigenvalue weighted by atomic mass is 16.7. The molecule has 1 aliphatic heterocycles. The first-order valence-corrected chi connectivity index (χ1v) is 4.90. The van der Waals surface area contributed by atoms with E-state index in [2.05, 4.69) is 4.99 Å². The minimum absolute atomic E-state index is 0.0728. The van der Waals surface area contributed by atoms with Gasteiger partial charge in [-0.3, -0.25) is 4.79 Å². The summed E-state index contributed by atoms with van der Waals surface area (Å²) < 4.78 is 4.88. The van der Waals surface area contributed by atoms with Gasteiger partial charge in [-0.2, -0.15) is 5.06 Å². The van der Waals surface area contributed by atoms with Crippen molar-refractivity contribution in [2.75, 3.05) is 13.1 Å². The highest BCUT2D eigenvalue weighted by Crippen LogP contribution is 2.06. The standard InChI is InChI=1S/C9H14N2O4/c1-3-7(12)14-9-10-5-6-11(9)15-8(13)4-2/h3-6H2,1-2H3. The van der Waals surface area contributed by atoms with Crippen LogP contribution in [0.2, 0.25) is 0 Å². The molecule has 0 aromatic heterocycles. The fourth-order valence-corrected chi connectivity index (χ4v) is 0.940. The average molecular weight is 214 g/mol. The molecule has 0 spiro atoms. The predicted molar refractivity (Wildman–Crippen MR) is 51.8 cm³/mol. The lowest BCUT2D eigenvalue weighted by molar-refractivity contribution is -0.175. The maximum Gasteiger partial charge on any atom is 0.332 e. The van der Waals surface area contributed by atoms with Crippen molar-refractivity contribution in [1.82, 2.24) is 5.06 Å². The number of amidine groups is 1. The van der Waals surface area contributed by atoms with Gasteiger partial charge in [0.25, 0.3) is 0 Å². The summed E-state index contributed by atoms with van der Waals surface area (Å²) in [6.45, 7) is 4.26. The second kappa shape index (κ2) is 5.33. The summed E-state index contributed by atoms with van der Waals surface area (Å²) in [4.78, 5) is 30.8. The van der Waals surface area contributed by atoms with Crippen molar-refractivity contribution in [3.8, 4) is 0 Å². The Hall–Kier alpha value is -1.59. The number of aliphatic imine (C=N–C) groups is 1. The van der Waals surface area contributed by atoms with Crippen LogP contribution in [0.3, 0.4) is 0 Å². The van der Waals surface area contributed by atoms with E-state index in [1.54, 1.807) is 13.8 Å². The summed E-state index contributed by atoms with van der Waals surface area (Å²) in [5, 5.41) is 1.21. The van der Waals surface area contributed by atoms with Gasteiger partial charge in [0.1, 0.15) is 0 Å². The smallest absolute Gasteiger partial charge is 0.332 e. The third kappa shape index (κ3) is 3.23. The highest BCUT2D eigenvalue weighted by Gasteiger charge is 2.24. The molecule has 0 N–H and O–H groups in total. The van der Waals surface area contributed by atoms with E-state index >= 15 is 0 Å². The van der Waals surface area contributed by atoms with Crippen LogP contribution >= 0.6 is 0 Å². The van der Waals surface area contributed by atoms with Crippen molar-refractivity contribution in [2.45, 2.75) is 26.7 Å². The van der Waals surface area contributed by atoms with Crippen LogP contribution in [0.5, 0.6) is 0 Å². The molecule has 0 aromatic carbocycles. The van der Waals surface area contributed by atoms with Crippen LogP contribution in [0.4, 0.5) is 0 Å². The number of rotatable bonds is 3. The van der Waals surface area contributed by atoms with E-state index in [4.69, 9.17) is 9.57 Å². The van der Waals surface area contributed by atoms with E-state index in [1.807, 2.05) is 0 Å². The van der Waals surface area contributed by atoms with Gasteiger partial charge < -0.3 is 9.57 Å². The number of carbonyl (C=O) groups excluding carboxylic acids is 2. The molecule has 15 heavy (non-hydrogen) atoms. The van der Waals surface area contributed by atoms with Crippen LogP contribution in [0, 0.1) is 0 Å². The fraction of sp³-hybridized carbons (Fsp3) is 0.667. The molecule has 0 saturated heterocycles. The summed E-state index contributed by atoms with van der Waals surface area (Å²) in [6.07, 6.45) is 0.528. The zero-order valence-electron chi connectivity index (χ0n) is 8.86. The number of hydrogen-bond acceptors (Lipinski definition) is 6. The normalized spacial score (nSPS) is 14.8. The molecule has 0 bridgehead atoms. The molecule has 0 saturated carbocycles. The molecule has 0 amide bonds. The maximum absolute atomic E-state index is 11.0. The topological polar surface area (TPSA) is 68.2 Å². The van der Waals surface area contributed by atoms with E-state index in [0.29, 0.717) is 13.1 Å². The van der Waals surface area contributed by atoms with Crippen molar-refractivity contribution < 1.29 is 19.2 Å². The number of esters is 1. The number of ether oxygens (including phenoxy) is 1. The minimum Gasteiger partial charge on any atom is -0.390 e. The molecular formula is C9H14N2O4. The molecule has 1 rings (SSSR count). The Bertz CT molecular complexity index is 288. The Morgan fingerprint density at radius 1 is 1.33 bits per heavy atom. The average Bonchev–Trinajstić information content (AvgIpc) is 2.65. The van der Waals surface area contributed by atoms with Gasteiger partial charge >= 0.3 is 18.0 Å². The second-order valence-electron chi connectivity index (χ2n) is 2.91. The van der Waals surface area contributed by atoms with E-state index in [-0.39, 0.29) is 24.8 Å². The maximum atomic E-state index is 11.0. The number of hydroxylamine groups is 2. The summed E-state index contributed by atoms with van der Waals surface area (Å²) in [6, 6.07) is 0.0728. The first kappa shape index (κ1) is 11.5. The van der Waals surface area contributed by atoms with Crippen LogP contribution in [0.1, 0.15) is 26.7 Å². The Morgan fingerprint density at radius 2 is 2.00 bits per heavy atom. The van der Waals surface area contributed by atoms with Gasteiger partial charge in [0.15, 0.2) is 0 Å². The Balaban J connectivity index is 2.49. The summed E-state index contributed by atoms with van der Waals surface area (Å²) >= 11 is 0. The van der Waals surface area contributed by atoms with Gasteiger partial charge in [0, 0.05) is 12.8 Å². The quantitative estimate of drug-likeness (QED) is 0.639. The molecule has 0 aromatic rings. The molecule has 6 heteroatoms. The second-order valence-corrected chi connectivity index (χ2v) is 2.91. The summed E-state index contributed by atoms with van der Waals surface area (Å²) in [5.41, 5.74) is 0. The van der Waals surface area contributed by atoms with E-state index in [0.717, 1.165) is 0 Å². The summed E-state index contributed by atoms with van der Waals surface area (Å²) in [7, 11) is 0. The van der Waals surface area contributed by atoms with Crippen LogP contribution in [0.15, 0.2) is 4.99 Å². The lowest BCUT2D eigenvalue weighted by atomic mass is 10.5. The number of hydrogen-bond donors (Lipinski definition) is 0. The number of carbonyl (C=O) groups is 2. The van der Waals surface area contributed by atoms with Crippen molar-refractivity contribution in [3.63, 3.8) is 0 Å². The van der Waals surface area contributed by atoms with Crippen LogP contribution in [0.25, 0.3) is 0 Å². The third-order valence-electron chi connectivity index (χ3n) is 1.76. The van der Waals surface area contributed by atoms with Crippen molar-refractivity contribution in [2.24, 2.45) is 4.99 Å². The van der Waals surface area contributed by atoms with Gasteiger partial charge in [-0.1, -0.05) is 13.8 Å². The van der Waals surface area contributed by atoms with Gasteiger partial charge in [-0.05, 0) is 0 Å². The van der Waals surface area contributed by atoms with Gasteiger partial charge in [-0.25, -0.2) is 9.79 Å². The fourth-order valence-electron chi connectivity index (χ4n) is 0.940. The van der Waals surface area contributed by atoms with Crippen molar-refractivity contribution in [1.29, 1.82) is 0 Å². The molecule has 0 fully saturated rings. The summed E-state index contributed by atoms with van der Waals surface area (Å²) in [5.74, 6) is -0.773. The van der Waals surface area contributed by atoms with Gasteiger partial charge in [0.2, 0.25) is 0 Å². The molecule has 0 aliphatic carbocycles. The molecule has 84 valence electrons. The molecule has 0 radical (unpaired) electrons. The Labute approximate surface area is 87.8 Å². The lowest BCUT2D eigenvalue weighted by Crippen LogP contribution is -2.33. The van der Waals surface area contributed by atoms with Crippen molar-refractivity contribution >= 4 is 18.0 Å². The zero-order valence-corrected chi connectivity index (χ0v) is 8.86. The van der Waals surface area contributed by atoms with E-state index < -0.39 is 5.97 Å². The predicted octanol–water partition coefficient (Wildman–Crippen LogP) is 0.479. The highest BCUT2D eigenvalue weighted by molar-refractivity contribution is 5.88. The first-order valence-electron chi connectivity index (χ1n) is 4.90. The zero-order chi connectivity index (χ0) is 11.3. The number of nitrogens with zero attached hydrogens (tertiary/aromatic N) is 2. The van der Waals surface area contributed by atoms with Crippen LogP contribution in [-0.4, -0.2) is 36.1 Å². The first-order chi connectivity index (χ1) is 7.17. The Kier molecular flexibility index (Phi) is 4.08. The SMILES string of the molecule is CCC(=O)OC1=NCCN1OC(=O)CC. The lowest BCUT2D eigenvalue weighted by Gasteiger charge is -2.16. The van der Waals surface area contributed by atoms with Crippen LogP contribution < -0.4 is 0 Å². The molecule has 0 unspecified atom stereocenters. The molecule has 1 heterocycles.